The summed E-state index contributed by atoms with van der Waals surface area (Å²) in [7, 11) is 1.50. The van der Waals surface area contributed by atoms with Crippen molar-refractivity contribution in [3.63, 3.8) is 0 Å². The van der Waals surface area contributed by atoms with Gasteiger partial charge in [0.2, 0.25) is 11.8 Å². The van der Waals surface area contributed by atoms with E-state index >= 15 is 0 Å². The molecular formula is C10H13N5O2S. The lowest BCUT2D eigenvalue weighted by Crippen LogP contribution is -2.41. The number of rotatable bonds is 3. The Hall–Kier alpha value is -1.96. The summed E-state index contributed by atoms with van der Waals surface area (Å²) in [6.45, 7) is 3.35. The smallest absolute Gasteiger partial charge is 0.243 e. The van der Waals surface area contributed by atoms with Crippen molar-refractivity contribution < 1.29 is 9.53 Å². The quantitative estimate of drug-likeness (QED) is 0.798. The fourth-order valence-corrected chi connectivity index (χ4v) is 2.10. The molecule has 0 aliphatic rings. The lowest BCUT2D eigenvalue weighted by atomic mass is 10.1. The maximum absolute atomic E-state index is 11.5. The molecule has 0 saturated carbocycles. The molecular weight excluding hydrogens is 254 g/mol. The number of carbonyl (C=O) groups is 1. The predicted molar refractivity (Wildman–Crippen MR) is 67.8 cm³/mol. The summed E-state index contributed by atoms with van der Waals surface area (Å²) in [6, 6.07) is 0. The monoisotopic (exact) mass is 267 g/mol. The van der Waals surface area contributed by atoms with Gasteiger partial charge in [-0.2, -0.15) is 4.98 Å². The van der Waals surface area contributed by atoms with E-state index in [0.717, 1.165) is 0 Å². The predicted octanol–water partition coefficient (Wildman–Crippen LogP) is 0.718. The van der Waals surface area contributed by atoms with Gasteiger partial charge in [-0.05, 0) is 26.1 Å². The maximum atomic E-state index is 11.5. The third-order valence-corrected chi connectivity index (χ3v) is 3.08. The molecule has 0 fully saturated rings. The molecule has 1 amide bonds. The Labute approximate surface area is 108 Å². The molecule has 7 nitrogen and oxygen atoms in total. The van der Waals surface area contributed by atoms with Crippen LogP contribution in [0.4, 0.5) is 0 Å². The number of fused-ring (bicyclic) bond motifs is 1. The average molecular weight is 267 g/mol. The van der Waals surface area contributed by atoms with E-state index in [2.05, 4.69) is 15.0 Å². The Morgan fingerprint density at radius 1 is 1.56 bits per heavy atom. The highest BCUT2D eigenvalue weighted by Gasteiger charge is 2.31. The first-order valence-electron chi connectivity index (χ1n) is 5.19. The molecule has 18 heavy (non-hydrogen) atoms. The highest BCUT2D eigenvalue weighted by Crippen LogP contribution is 2.25. The van der Waals surface area contributed by atoms with Crippen molar-refractivity contribution in [3.05, 3.63) is 11.1 Å². The van der Waals surface area contributed by atoms with Crippen LogP contribution in [0.5, 0.6) is 5.88 Å². The molecule has 2 aromatic heterocycles. The minimum absolute atomic E-state index is 0.340. The topological polar surface area (TPSA) is 98.8 Å². The summed E-state index contributed by atoms with van der Waals surface area (Å²) < 4.78 is 7.01. The van der Waals surface area contributed by atoms with Gasteiger partial charge in [0.25, 0.3) is 0 Å². The number of hydrogen-bond acceptors (Lipinski definition) is 5. The van der Waals surface area contributed by atoms with Gasteiger partial charge in [0, 0.05) is 0 Å². The minimum Gasteiger partial charge on any atom is -0.479 e. The van der Waals surface area contributed by atoms with E-state index in [0.29, 0.717) is 21.8 Å². The molecule has 2 aromatic rings. The Kier molecular flexibility index (Phi) is 2.81. The SMILES string of the molecule is COc1ncnc2c1[nH]c(=S)n2C(C)(C)C(N)=O. The second-order valence-electron chi connectivity index (χ2n) is 4.27. The van der Waals surface area contributed by atoms with Crippen LogP contribution in [0.1, 0.15) is 13.8 Å². The van der Waals surface area contributed by atoms with Gasteiger partial charge in [0.1, 0.15) is 17.4 Å². The van der Waals surface area contributed by atoms with Crippen LogP contribution in [-0.2, 0) is 10.3 Å². The molecule has 0 aromatic carbocycles. The zero-order chi connectivity index (χ0) is 13.5. The molecule has 0 bridgehead atoms. The molecule has 0 radical (unpaired) electrons. The Bertz CT molecular complexity index is 672. The van der Waals surface area contributed by atoms with Gasteiger partial charge in [-0.3, -0.25) is 9.36 Å². The highest BCUT2D eigenvalue weighted by atomic mass is 32.1. The van der Waals surface area contributed by atoms with Crippen LogP contribution in [0.2, 0.25) is 0 Å². The van der Waals surface area contributed by atoms with Gasteiger partial charge in [-0.15, -0.1) is 0 Å². The first kappa shape index (κ1) is 12.5. The van der Waals surface area contributed by atoms with Crippen LogP contribution in [0, 0.1) is 4.77 Å². The summed E-state index contributed by atoms with van der Waals surface area (Å²) in [5.74, 6) is -0.137. The van der Waals surface area contributed by atoms with Crippen LogP contribution in [0.3, 0.4) is 0 Å². The van der Waals surface area contributed by atoms with Crippen molar-refractivity contribution in [2.24, 2.45) is 5.73 Å². The van der Waals surface area contributed by atoms with Gasteiger partial charge in [0.05, 0.1) is 7.11 Å². The second kappa shape index (κ2) is 4.05. The van der Waals surface area contributed by atoms with Gasteiger partial charge in [-0.25, -0.2) is 4.98 Å². The van der Waals surface area contributed by atoms with Crippen LogP contribution in [0.15, 0.2) is 6.33 Å². The number of nitrogens with zero attached hydrogens (tertiary/aromatic N) is 3. The minimum atomic E-state index is -0.991. The first-order chi connectivity index (χ1) is 8.39. The third-order valence-electron chi connectivity index (χ3n) is 2.79. The second-order valence-corrected chi connectivity index (χ2v) is 4.66. The van der Waals surface area contributed by atoms with Crippen LogP contribution in [-0.4, -0.2) is 32.5 Å². The maximum Gasteiger partial charge on any atom is 0.243 e. The molecule has 3 N–H and O–H groups in total. The molecule has 0 spiro atoms. The molecule has 0 aliphatic carbocycles. The number of amides is 1. The lowest BCUT2D eigenvalue weighted by molar-refractivity contribution is -0.124. The zero-order valence-electron chi connectivity index (χ0n) is 10.2. The Balaban J connectivity index is 2.85. The van der Waals surface area contributed by atoms with Gasteiger partial charge in [0.15, 0.2) is 10.4 Å². The average Bonchev–Trinajstić information content (AvgIpc) is 2.64. The van der Waals surface area contributed by atoms with E-state index in [1.165, 1.54) is 13.4 Å². The number of imidazole rings is 1. The molecule has 8 heteroatoms. The molecule has 96 valence electrons. The number of H-pyrrole nitrogens is 1. The Morgan fingerprint density at radius 2 is 2.22 bits per heavy atom. The first-order valence-corrected chi connectivity index (χ1v) is 5.60. The lowest BCUT2D eigenvalue weighted by Gasteiger charge is -2.22. The number of aromatic nitrogens is 4. The molecule has 0 saturated heterocycles. The normalized spacial score (nSPS) is 11.7. The number of ether oxygens (including phenoxy) is 1. The fraction of sp³-hybridized carbons (Fsp3) is 0.400. The fourth-order valence-electron chi connectivity index (χ4n) is 1.68. The largest absolute Gasteiger partial charge is 0.479 e. The Morgan fingerprint density at radius 3 is 2.78 bits per heavy atom. The molecule has 2 rings (SSSR count). The summed E-state index contributed by atoms with van der Waals surface area (Å²) in [4.78, 5) is 22.6. The number of primary amides is 1. The number of nitrogens with two attached hydrogens (primary N) is 1. The van der Waals surface area contributed by atoms with E-state index in [1.807, 2.05) is 0 Å². The summed E-state index contributed by atoms with van der Waals surface area (Å²) in [6.07, 6.45) is 1.34. The van der Waals surface area contributed by atoms with Crippen LogP contribution >= 0.6 is 12.2 Å². The van der Waals surface area contributed by atoms with E-state index in [9.17, 15) is 4.79 Å². The van der Waals surface area contributed by atoms with Crippen molar-refractivity contribution in [2.75, 3.05) is 7.11 Å². The molecule has 0 aliphatic heterocycles. The van der Waals surface area contributed by atoms with Crippen molar-refractivity contribution >= 4 is 29.3 Å². The number of methoxy groups -OCH3 is 1. The summed E-state index contributed by atoms with van der Waals surface area (Å²) >= 11 is 5.20. The van der Waals surface area contributed by atoms with E-state index in [4.69, 9.17) is 22.7 Å². The van der Waals surface area contributed by atoms with E-state index < -0.39 is 11.4 Å². The van der Waals surface area contributed by atoms with Gasteiger partial charge in [-0.1, -0.05) is 0 Å². The zero-order valence-corrected chi connectivity index (χ0v) is 11.0. The van der Waals surface area contributed by atoms with Crippen LogP contribution in [0.25, 0.3) is 11.2 Å². The number of nitrogens with one attached hydrogen (secondary N) is 1. The molecule has 0 unspecified atom stereocenters. The summed E-state index contributed by atoms with van der Waals surface area (Å²) in [5.41, 5.74) is 5.43. The number of hydrogen-bond donors (Lipinski definition) is 2. The summed E-state index contributed by atoms with van der Waals surface area (Å²) in [5, 5.41) is 0. The number of carbonyl (C=O) groups excluding carboxylic acids is 1. The van der Waals surface area contributed by atoms with Gasteiger partial charge < -0.3 is 15.5 Å². The third kappa shape index (κ3) is 1.65. The van der Waals surface area contributed by atoms with Crippen molar-refractivity contribution in [1.29, 1.82) is 0 Å². The standard InChI is InChI=1S/C10H13N5O2S/c1-10(2,8(11)16)15-6-5(14-9(15)18)7(17-3)13-4-12-6/h4H,1-3H3,(H2,11,16)(H,14,18). The van der Waals surface area contributed by atoms with Crippen molar-refractivity contribution in [3.8, 4) is 5.88 Å². The van der Waals surface area contributed by atoms with Crippen molar-refractivity contribution in [1.82, 2.24) is 19.5 Å². The number of aromatic amines is 1. The highest BCUT2D eigenvalue weighted by molar-refractivity contribution is 7.71. The van der Waals surface area contributed by atoms with E-state index in [-0.39, 0.29) is 0 Å². The molecule has 2 heterocycles. The van der Waals surface area contributed by atoms with E-state index in [1.54, 1.807) is 18.4 Å². The van der Waals surface area contributed by atoms with Crippen LogP contribution < -0.4 is 10.5 Å². The van der Waals surface area contributed by atoms with Gasteiger partial charge >= 0.3 is 0 Å². The molecule has 0 atom stereocenters. The van der Waals surface area contributed by atoms with Crippen molar-refractivity contribution in [2.45, 2.75) is 19.4 Å².